The first-order chi connectivity index (χ1) is 14.6. The summed E-state index contributed by atoms with van der Waals surface area (Å²) in [6.45, 7) is 2.43. The number of primary amides is 1. The number of hydrogen-bond acceptors (Lipinski definition) is 4. The minimum atomic E-state index is -0.238. The zero-order valence-electron chi connectivity index (χ0n) is 16.7. The Hall–Kier alpha value is -3.45. The fraction of sp³-hybridized carbons (Fsp3) is 0.261. The van der Waals surface area contributed by atoms with E-state index in [2.05, 4.69) is 20.4 Å². The molecule has 1 aliphatic heterocycles. The standard InChI is InChI=1S/C23H25N5O2/c24-22(29)18-7-4-12-28(15-18)14-16-8-10-19(11-9-16)25-23(30)21-13-20(26-27-21)17-5-2-1-3-6-17/h1-3,5-6,8-11,13,18H,4,7,12,14-15H2,(H2,24,29)(H,25,30)(H,26,27). The van der Waals surface area contributed by atoms with Gasteiger partial charge in [0.05, 0.1) is 11.6 Å². The maximum atomic E-state index is 12.5. The third kappa shape index (κ3) is 4.75. The third-order valence-corrected chi connectivity index (χ3v) is 5.42. The van der Waals surface area contributed by atoms with Crippen LogP contribution in [0.15, 0.2) is 60.7 Å². The lowest BCUT2D eigenvalue weighted by molar-refractivity contribution is -0.123. The molecular formula is C23H25N5O2. The van der Waals surface area contributed by atoms with Gasteiger partial charge < -0.3 is 11.1 Å². The molecule has 0 bridgehead atoms. The van der Waals surface area contributed by atoms with Crippen LogP contribution in [0.5, 0.6) is 0 Å². The molecule has 1 fully saturated rings. The van der Waals surface area contributed by atoms with Gasteiger partial charge in [0.1, 0.15) is 5.69 Å². The summed E-state index contributed by atoms with van der Waals surface area (Å²) < 4.78 is 0. The van der Waals surface area contributed by atoms with Crippen molar-refractivity contribution in [1.82, 2.24) is 15.1 Å². The van der Waals surface area contributed by atoms with Gasteiger partial charge in [-0.05, 0) is 43.1 Å². The highest BCUT2D eigenvalue weighted by atomic mass is 16.2. The summed E-state index contributed by atoms with van der Waals surface area (Å²) >= 11 is 0. The van der Waals surface area contributed by atoms with Crippen LogP contribution >= 0.6 is 0 Å². The minimum Gasteiger partial charge on any atom is -0.369 e. The maximum Gasteiger partial charge on any atom is 0.273 e. The molecule has 4 rings (SSSR count). The van der Waals surface area contributed by atoms with E-state index < -0.39 is 0 Å². The number of likely N-dealkylation sites (tertiary alicyclic amines) is 1. The second-order valence-electron chi connectivity index (χ2n) is 7.66. The van der Waals surface area contributed by atoms with Crippen molar-refractivity contribution in [2.45, 2.75) is 19.4 Å². The number of carbonyl (C=O) groups excluding carboxylic acids is 2. The lowest BCUT2D eigenvalue weighted by atomic mass is 9.97. The largest absolute Gasteiger partial charge is 0.369 e. The second kappa shape index (κ2) is 8.92. The van der Waals surface area contributed by atoms with Crippen LogP contribution in [0.2, 0.25) is 0 Å². The predicted octanol–water partition coefficient (Wildman–Crippen LogP) is 3.03. The number of piperidine rings is 1. The van der Waals surface area contributed by atoms with E-state index in [1.54, 1.807) is 6.07 Å². The highest BCUT2D eigenvalue weighted by Gasteiger charge is 2.23. The molecular weight excluding hydrogens is 378 g/mol. The average molecular weight is 403 g/mol. The van der Waals surface area contributed by atoms with E-state index in [0.717, 1.165) is 42.8 Å². The first-order valence-electron chi connectivity index (χ1n) is 10.1. The van der Waals surface area contributed by atoms with Gasteiger partial charge in [-0.15, -0.1) is 0 Å². The smallest absolute Gasteiger partial charge is 0.273 e. The lowest BCUT2D eigenvalue weighted by Gasteiger charge is -2.31. The fourth-order valence-corrected chi connectivity index (χ4v) is 3.78. The Kier molecular flexibility index (Phi) is 5.90. The van der Waals surface area contributed by atoms with E-state index >= 15 is 0 Å². The highest BCUT2D eigenvalue weighted by molar-refractivity contribution is 6.03. The number of H-pyrrole nitrogens is 1. The monoisotopic (exact) mass is 403 g/mol. The van der Waals surface area contributed by atoms with Crippen LogP contribution in [0.3, 0.4) is 0 Å². The van der Waals surface area contributed by atoms with Crippen molar-refractivity contribution in [3.8, 4) is 11.3 Å². The summed E-state index contributed by atoms with van der Waals surface area (Å²) in [4.78, 5) is 26.2. The van der Waals surface area contributed by atoms with Crippen molar-refractivity contribution >= 4 is 17.5 Å². The van der Waals surface area contributed by atoms with Crippen LogP contribution < -0.4 is 11.1 Å². The molecule has 3 aromatic rings. The zero-order valence-corrected chi connectivity index (χ0v) is 16.7. The van der Waals surface area contributed by atoms with Crippen molar-refractivity contribution < 1.29 is 9.59 Å². The molecule has 1 aromatic heterocycles. The number of aromatic nitrogens is 2. The van der Waals surface area contributed by atoms with E-state index in [-0.39, 0.29) is 17.7 Å². The van der Waals surface area contributed by atoms with Gasteiger partial charge >= 0.3 is 0 Å². The number of nitrogens with zero attached hydrogens (tertiary/aromatic N) is 2. The molecule has 7 nitrogen and oxygen atoms in total. The summed E-state index contributed by atoms with van der Waals surface area (Å²) in [6.07, 6.45) is 1.85. The van der Waals surface area contributed by atoms with Crippen LogP contribution in [0.25, 0.3) is 11.3 Å². The van der Waals surface area contributed by atoms with Crippen molar-refractivity contribution in [1.29, 1.82) is 0 Å². The Bertz CT molecular complexity index is 1010. The molecule has 1 atom stereocenters. The molecule has 4 N–H and O–H groups in total. The normalized spacial score (nSPS) is 16.9. The molecule has 0 saturated carbocycles. The first kappa shape index (κ1) is 19.8. The molecule has 0 radical (unpaired) electrons. The number of hydrogen-bond donors (Lipinski definition) is 3. The zero-order chi connectivity index (χ0) is 20.9. The molecule has 30 heavy (non-hydrogen) atoms. The Morgan fingerprint density at radius 2 is 1.90 bits per heavy atom. The maximum absolute atomic E-state index is 12.5. The molecule has 0 spiro atoms. The SMILES string of the molecule is NC(=O)C1CCCN(Cc2ccc(NC(=O)c3cc(-c4ccccc4)n[nH]3)cc2)C1. The average Bonchev–Trinajstić information content (AvgIpc) is 3.26. The number of nitrogens with two attached hydrogens (primary N) is 1. The van der Waals surface area contributed by atoms with Gasteiger partial charge in [-0.25, -0.2) is 0 Å². The van der Waals surface area contributed by atoms with E-state index in [1.807, 2.05) is 54.6 Å². The molecule has 1 aliphatic rings. The summed E-state index contributed by atoms with van der Waals surface area (Å²) in [5, 5.41) is 9.91. The summed E-state index contributed by atoms with van der Waals surface area (Å²) in [5.41, 5.74) is 9.39. The van der Waals surface area contributed by atoms with Gasteiger partial charge in [-0.1, -0.05) is 42.5 Å². The summed E-state index contributed by atoms with van der Waals surface area (Å²) in [7, 11) is 0. The molecule has 7 heteroatoms. The number of carbonyl (C=O) groups is 2. The Balaban J connectivity index is 1.35. The Morgan fingerprint density at radius 3 is 2.63 bits per heavy atom. The molecule has 2 amide bonds. The molecule has 1 saturated heterocycles. The fourth-order valence-electron chi connectivity index (χ4n) is 3.78. The van der Waals surface area contributed by atoms with E-state index in [9.17, 15) is 9.59 Å². The van der Waals surface area contributed by atoms with E-state index in [4.69, 9.17) is 5.73 Å². The van der Waals surface area contributed by atoms with Crippen molar-refractivity contribution in [3.05, 3.63) is 71.9 Å². The number of anilines is 1. The molecule has 1 unspecified atom stereocenters. The van der Waals surface area contributed by atoms with E-state index in [0.29, 0.717) is 17.9 Å². The van der Waals surface area contributed by atoms with Crippen molar-refractivity contribution in [3.63, 3.8) is 0 Å². The van der Waals surface area contributed by atoms with Crippen molar-refractivity contribution in [2.24, 2.45) is 11.7 Å². The van der Waals surface area contributed by atoms with Crippen LogP contribution in [0.4, 0.5) is 5.69 Å². The number of benzene rings is 2. The van der Waals surface area contributed by atoms with Gasteiger partial charge in [0, 0.05) is 24.3 Å². The molecule has 2 heterocycles. The third-order valence-electron chi connectivity index (χ3n) is 5.42. The second-order valence-corrected chi connectivity index (χ2v) is 7.66. The van der Waals surface area contributed by atoms with Gasteiger partial charge in [0.2, 0.25) is 5.91 Å². The Morgan fingerprint density at radius 1 is 1.13 bits per heavy atom. The van der Waals surface area contributed by atoms with E-state index in [1.165, 1.54) is 0 Å². The predicted molar refractivity (Wildman–Crippen MR) is 116 cm³/mol. The molecule has 154 valence electrons. The van der Waals surface area contributed by atoms with Crippen LogP contribution in [0.1, 0.15) is 28.9 Å². The van der Waals surface area contributed by atoms with Crippen LogP contribution in [-0.4, -0.2) is 40.0 Å². The van der Waals surface area contributed by atoms with Crippen LogP contribution in [-0.2, 0) is 11.3 Å². The number of amides is 2. The van der Waals surface area contributed by atoms with Gasteiger partial charge in [-0.2, -0.15) is 5.10 Å². The van der Waals surface area contributed by atoms with Crippen molar-refractivity contribution in [2.75, 3.05) is 18.4 Å². The van der Waals surface area contributed by atoms with Crippen LogP contribution in [0, 0.1) is 5.92 Å². The first-order valence-corrected chi connectivity index (χ1v) is 10.1. The minimum absolute atomic E-state index is 0.0625. The highest BCUT2D eigenvalue weighted by Crippen LogP contribution is 2.20. The Labute approximate surface area is 175 Å². The number of rotatable bonds is 6. The molecule has 2 aromatic carbocycles. The number of aromatic amines is 1. The van der Waals surface area contributed by atoms with Gasteiger partial charge in [0.25, 0.3) is 5.91 Å². The lowest BCUT2D eigenvalue weighted by Crippen LogP contribution is -2.40. The van der Waals surface area contributed by atoms with Gasteiger partial charge in [-0.3, -0.25) is 19.6 Å². The summed E-state index contributed by atoms with van der Waals surface area (Å²) in [6, 6.07) is 19.2. The quantitative estimate of drug-likeness (QED) is 0.588. The number of nitrogens with one attached hydrogen (secondary N) is 2. The van der Waals surface area contributed by atoms with Gasteiger partial charge in [0.15, 0.2) is 0 Å². The molecule has 0 aliphatic carbocycles. The topological polar surface area (TPSA) is 104 Å². The summed E-state index contributed by atoms with van der Waals surface area (Å²) in [5.74, 6) is -0.516.